The summed E-state index contributed by atoms with van der Waals surface area (Å²) in [7, 11) is 0. The molecule has 0 unspecified atom stereocenters. The highest BCUT2D eigenvalue weighted by Gasteiger charge is 2.38. The van der Waals surface area contributed by atoms with Crippen molar-refractivity contribution in [3.63, 3.8) is 0 Å². The minimum Gasteiger partial charge on any atom is -0.295 e. The van der Waals surface area contributed by atoms with Crippen molar-refractivity contribution >= 4 is 34.2 Å². The van der Waals surface area contributed by atoms with Crippen molar-refractivity contribution in [2.75, 3.05) is 5.32 Å². The lowest BCUT2D eigenvalue weighted by molar-refractivity contribution is -0.141. The Balaban J connectivity index is 1.90. The van der Waals surface area contributed by atoms with Gasteiger partial charge in [0.15, 0.2) is 23.0 Å². The molecule has 27 heavy (non-hydrogen) atoms. The third-order valence-electron chi connectivity index (χ3n) is 3.10. The van der Waals surface area contributed by atoms with Crippen molar-refractivity contribution in [1.29, 1.82) is 0 Å². The molecule has 0 radical (unpaired) electrons. The average Bonchev–Trinajstić information content (AvgIpc) is 3.06. The van der Waals surface area contributed by atoms with Crippen LogP contribution in [0.3, 0.4) is 0 Å². The van der Waals surface area contributed by atoms with Gasteiger partial charge in [-0.1, -0.05) is 11.6 Å². The van der Waals surface area contributed by atoms with E-state index in [-0.39, 0.29) is 10.2 Å². The summed E-state index contributed by atoms with van der Waals surface area (Å²) in [6.45, 7) is 0. The average molecular weight is 422 g/mol. The van der Waals surface area contributed by atoms with Crippen LogP contribution in [0.15, 0.2) is 24.5 Å². The molecule has 1 amide bonds. The first-order chi connectivity index (χ1) is 12.7. The quantitative estimate of drug-likeness (QED) is 0.506. The summed E-state index contributed by atoms with van der Waals surface area (Å²) < 4.78 is 70.2. The van der Waals surface area contributed by atoms with E-state index in [1.54, 1.807) is 0 Å². The third-order valence-corrected chi connectivity index (χ3v) is 4.02. The second-order valence-electron chi connectivity index (χ2n) is 4.85. The van der Waals surface area contributed by atoms with Gasteiger partial charge in [-0.15, -0.1) is 0 Å². The van der Waals surface area contributed by atoms with Gasteiger partial charge in [-0.05, 0) is 12.1 Å². The monoisotopic (exact) mass is 421 g/mol. The predicted molar refractivity (Wildman–Crippen MR) is 85.3 cm³/mol. The molecule has 0 aliphatic rings. The molecule has 0 spiro atoms. The lowest BCUT2D eigenvalue weighted by Gasteiger charge is -2.09. The van der Waals surface area contributed by atoms with E-state index in [2.05, 4.69) is 19.3 Å². The number of hydrogen-bond acceptors (Lipinski definition) is 6. The van der Waals surface area contributed by atoms with Gasteiger partial charge in [0.25, 0.3) is 5.91 Å². The van der Waals surface area contributed by atoms with Crippen molar-refractivity contribution in [3.05, 3.63) is 52.6 Å². The van der Waals surface area contributed by atoms with Gasteiger partial charge in [-0.2, -0.15) is 22.5 Å². The molecule has 3 aromatic rings. The Kier molecular flexibility index (Phi) is 5.02. The molecule has 2 aromatic heterocycles. The highest BCUT2D eigenvalue weighted by Crippen LogP contribution is 2.32. The maximum Gasteiger partial charge on any atom is 0.435 e. The molecule has 1 aromatic carbocycles. The first-order valence-electron chi connectivity index (χ1n) is 6.85. The standard InChI is InChI=1S/C14H5ClF5N5OS/c15-5-1-2-6(16)7(8(5)17)11-23-13(27-25-11)24-12(26)9-10(14(18,19)20)22-4-3-21-9/h1-4H,(H,23,24,25,26). The third kappa shape index (κ3) is 3.85. The lowest BCUT2D eigenvalue weighted by atomic mass is 10.2. The van der Waals surface area contributed by atoms with Crippen LogP contribution in [-0.2, 0) is 6.18 Å². The maximum absolute atomic E-state index is 14.0. The van der Waals surface area contributed by atoms with Crippen LogP contribution in [0.1, 0.15) is 16.2 Å². The minimum atomic E-state index is -4.90. The molecule has 6 nitrogen and oxygen atoms in total. The van der Waals surface area contributed by atoms with Crippen LogP contribution in [0.5, 0.6) is 0 Å². The smallest absolute Gasteiger partial charge is 0.295 e. The van der Waals surface area contributed by atoms with Crippen molar-refractivity contribution in [2.24, 2.45) is 0 Å². The fraction of sp³-hybridized carbons (Fsp3) is 0.0714. The van der Waals surface area contributed by atoms with E-state index in [1.165, 1.54) is 0 Å². The number of halogens is 6. The van der Waals surface area contributed by atoms with Crippen LogP contribution >= 0.6 is 23.1 Å². The Morgan fingerprint density at radius 2 is 1.85 bits per heavy atom. The Hall–Kier alpha value is -2.73. The van der Waals surface area contributed by atoms with Crippen LogP contribution in [0.4, 0.5) is 27.1 Å². The predicted octanol–water partition coefficient (Wildman–Crippen LogP) is 4.20. The molecule has 0 fully saturated rings. The summed E-state index contributed by atoms with van der Waals surface area (Å²) in [5, 5.41) is 1.37. The number of nitrogens with zero attached hydrogens (tertiary/aromatic N) is 4. The highest BCUT2D eigenvalue weighted by molar-refractivity contribution is 7.10. The zero-order valence-electron chi connectivity index (χ0n) is 12.7. The van der Waals surface area contributed by atoms with Gasteiger partial charge in [0, 0.05) is 23.9 Å². The molecule has 0 aliphatic carbocycles. The number of anilines is 1. The van der Waals surface area contributed by atoms with Gasteiger partial charge >= 0.3 is 6.18 Å². The van der Waals surface area contributed by atoms with E-state index >= 15 is 0 Å². The number of carbonyl (C=O) groups is 1. The maximum atomic E-state index is 14.0. The number of amides is 1. The molecule has 0 bridgehead atoms. The van der Waals surface area contributed by atoms with Crippen molar-refractivity contribution in [3.8, 4) is 11.4 Å². The largest absolute Gasteiger partial charge is 0.435 e. The molecule has 0 aliphatic heterocycles. The van der Waals surface area contributed by atoms with Crippen LogP contribution in [-0.4, -0.2) is 25.2 Å². The van der Waals surface area contributed by atoms with E-state index in [9.17, 15) is 26.7 Å². The zero-order valence-corrected chi connectivity index (χ0v) is 14.3. The molecule has 1 N–H and O–H groups in total. The zero-order chi connectivity index (χ0) is 19.8. The Labute approximate surface area is 156 Å². The Morgan fingerprint density at radius 1 is 1.15 bits per heavy atom. The molecule has 140 valence electrons. The molecule has 3 rings (SSSR count). The van der Waals surface area contributed by atoms with E-state index in [0.717, 1.165) is 24.5 Å². The van der Waals surface area contributed by atoms with Crippen LogP contribution < -0.4 is 5.32 Å². The minimum absolute atomic E-state index is 0.299. The highest BCUT2D eigenvalue weighted by atomic mass is 35.5. The normalized spacial score (nSPS) is 11.5. The van der Waals surface area contributed by atoms with Gasteiger partial charge in [-0.25, -0.2) is 18.7 Å². The number of rotatable bonds is 3. The van der Waals surface area contributed by atoms with Crippen LogP contribution in [0.25, 0.3) is 11.4 Å². The van der Waals surface area contributed by atoms with E-state index < -0.39 is 46.5 Å². The van der Waals surface area contributed by atoms with Crippen molar-refractivity contribution in [1.82, 2.24) is 19.3 Å². The summed E-state index contributed by atoms with van der Waals surface area (Å²) in [5.41, 5.74) is -3.10. The molecular weight excluding hydrogens is 417 g/mol. The second kappa shape index (κ2) is 7.12. The summed E-state index contributed by atoms with van der Waals surface area (Å²) in [6, 6.07) is 1.90. The number of hydrogen-bond donors (Lipinski definition) is 1. The van der Waals surface area contributed by atoms with Gasteiger partial charge < -0.3 is 0 Å². The van der Waals surface area contributed by atoms with Gasteiger partial charge in [0.2, 0.25) is 5.13 Å². The number of benzene rings is 1. The first kappa shape index (κ1) is 19.0. The molecule has 0 atom stereocenters. The van der Waals surface area contributed by atoms with E-state index in [4.69, 9.17) is 11.6 Å². The van der Waals surface area contributed by atoms with E-state index in [1.807, 2.05) is 5.32 Å². The summed E-state index contributed by atoms with van der Waals surface area (Å²) in [4.78, 5) is 22.3. The molecule has 2 heterocycles. The first-order valence-corrected chi connectivity index (χ1v) is 8.00. The fourth-order valence-corrected chi connectivity index (χ4v) is 2.70. The SMILES string of the molecule is O=C(Nc1nc(-c2c(F)ccc(Cl)c2F)ns1)c1nccnc1C(F)(F)F. The van der Waals surface area contributed by atoms with Crippen molar-refractivity contribution < 1.29 is 26.7 Å². The van der Waals surface area contributed by atoms with E-state index in [0.29, 0.717) is 11.5 Å². The lowest BCUT2D eigenvalue weighted by Crippen LogP contribution is -2.21. The Morgan fingerprint density at radius 3 is 2.56 bits per heavy atom. The molecule has 13 heteroatoms. The summed E-state index contributed by atoms with van der Waals surface area (Å²) in [6.07, 6.45) is -3.21. The molecule has 0 saturated heterocycles. The number of carbonyl (C=O) groups excluding carboxylic acids is 1. The fourth-order valence-electron chi connectivity index (χ4n) is 1.98. The molecule has 0 saturated carbocycles. The van der Waals surface area contributed by atoms with Crippen molar-refractivity contribution in [2.45, 2.75) is 6.18 Å². The van der Waals surface area contributed by atoms with Gasteiger partial charge in [-0.3, -0.25) is 10.1 Å². The molecular formula is C14H5ClF5N5OS. The number of alkyl halides is 3. The van der Waals surface area contributed by atoms with Gasteiger partial charge in [0.1, 0.15) is 5.82 Å². The van der Waals surface area contributed by atoms with Gasteiger partial charge in [0.05, 0.1) is 10.6 Å². The van der Waals surface area contributed by atoms with Crippen LogP contribution in [0, 0.1) is 11.6 Å². The Bertz CT molecular complexity index is 1030. The summed E-state index contributed by atoms with van der Waals surface area (Å²) >= 11 is 6.09. The van der Waals surface area contributed by atoms with Crippen LogP contribution in [0.2, 0.25) is 5.02 Å². The number of nitrogens with one attached hydrogen (secondary N) is 1. The second-order valence-corrected chi connectivity index (χ2v) is 6.01. The topological polar surface area (TPSA) is 80.7 Å². The number of aromatic nitrogens is 4. The summed E-state index contributed by atoms with van der Waals surface area (Å²) in [5.74, 6) is -3.80.